The molecule has 0 bridgehead atoms. The SMILES string of the molecule is COc1cc2c(-c3ccc(CN[SH](=O)=O)cc3)c(C#N)cnc2cn1. The van der Waals surface area contributed by atoms with Crippen molar-refractivity contribution in [1.82, 2.24) is 14.7 Å². The van der Waals surface area contributed by atoms with E-state index in [1.807, 2.05) is 24.3 Å². The van der Waals surface area contributed by atoms with Gasteiger partial charge in [0.15, 0.2) is 0 Å². The van der Waals surface area contributed by atoms with Crippen LogP contribution in [0.25, 0.3) is 22.0 Å². The standard InChI is InChI=1S/C17H14N4O3S/c1-24-16-6-14-15(10-20-16)19-9-13(7-18)17(14)12-4-2-11(3-5-12)8-21-25(22)23/h2-6,9-10,25H,8H2,1H3,(H,21,22,23). The maximum absolute atomic E-state index is 10.6. The molecule has 0 fully saturated rings. The summed E-state index contributed by atoms with van der Waals surface area (Å²) in [5.74, 6) is 0.436. The normalized spacial score (nSPS) is 10.8. The van der Waals surface area contributed by atoms with Crippen molar-refractivity contribution >= 4 is 21.8 Å². The van der Waals surface area contributed by atoms with Gasteiger partial charge in [-0.3, -0.25) is 4.98 Å². The smallest absolute Gasteiger partial charge is 0.213 e. The highest BCUT2D eigenvalue weighted by Gasteiger charge is 2.12. The zero-order valence-electron chi connectivity index (χ0n) is 13.3. The summed E-state index contributed by atoms with van der Waals surface area (Å²) in [7, 11) is -1.11. The van der Waals surface area contributed by atoms with Crippen LogP contribution in [0.1, 0.15) is 11.1 Å². The second kappa shape index (κ2) is 7.25. The molecule has 0 saturated carbocycles. The number of methoxy groups -OCH3 is 1. The number of fused-ring (bicyclic) bond motifs is 1. The first-order valence-corrected chi connectivity index (χ1v) is 8.50. The van der Waals surface area contributed by atoms with Crippen LogP contribution in [-0.2, 0) is 17.4 Å². The summed E-state index contributed by atoms with van der Waals surface area (Å²) in [6.07, 6.45) is 3.12. The molecule has 0 aliphatic carbocycles. The van der Waals surface area contributed by atoms with Crippen LogP contribution in [0.2, 0.25) is 0 Å². The molecule has 8 heteroatoms. The second-order valence-corrected chi connectivity index (χ2v) is 6.02. The third kappa shape index (κ3) is 3.57. The number of rotatable bonds is 5. The Morgan fingerprint density at radius 1 is 1.20 bits per heavy atom. The number of pyridine rings is 2. The average molecular weight is 354 g/mol. The summed E-state index contributed by atoms with van der Waals surface area (Å²) in [5, 5.41) is 10.2. The van der Waals surface area contributed by atoms with Gasteiger partial charge in [-0.25, -0.2) is 18.1 Å². The molecule has 0 spiro atoms. The van der Waals surface area contributed by atoms with Crippen molar-refractivity contribution in [2.45, 2.75) is 6.54 Å². The summed E-state index contributed by atoms with van der Waals surface area (Å²) < 4.78 is 28.8. The Balaban J connectivity index is 2.11. The van der Waals surface area contributed by atoms with Crippen LogP contribution in [0.5, 0.6) is 5.88 Å². The van der Waals surface area contributed by atoms with E-state index in [0.717, 1.165) is 22.1 Å². The molecular weight excluding hydrogens is 340 g/mol. The molecule has 0 unspecified atom stereocenters. The van der Waals surface area contributed by atoms with Crippen LogP contribution in [-0.4, -0.2) is 25.5 Å². The quantitative estimate of drug-likeness (QED) is 0.677. The van der Waals surface area contributed by atoms with Gasteiger partial charge in [0.2, 0.25) is 16.8 Å². The molecule has 2 aromatic heterocycles. The lowest BCUT2D eigenvalue weighted by molar-refractivity contribution is 0.398. The van der Waals surface area contributed by atoms with E-state index in [1.165, 1.54) is 13.3 Å². The van der Waals surface area contributed by atoms with E-state index in [1.54, 1.807) is 12.3 Å². The van der Waals surface area contributed by atoms with Crippen LogP contribution in [0, 0.1) is 11.3 Å². The molecular formula is C17H14N4O3S. The average Bonchev–Trinajstić information content (AvgIpc) is 2.65. The number of nitrogens with zero attached hydrogens (tertiary/aromatic N) is 3. The van der Waals surface area contributed by atoms with Crippen LogP contribution in [0.15, 0.2) is 42.7 Å². The topological polar surface area (TPSA) is 105 Å². The van der Waals surface area contributed by atoms with Crippen LogP contribution in [0.4, 0.5) is 0 Å². The Hall–Kier alpha value is -3.02. The highest BCUT2D eigenvalue weighted by Crippen LogP contribution is 2.32. The fourth-order valence-corrected chi connectivity index (χ4v) is 2.84. The van der Waals surface area contributed by atoms with Crippen LogP contribution >= 0.6 is 0 Å². The Morgan fingerprint density at radius 3 is 2.60 bits per heavy atom. The van der Waals surface area contributed by atoms with Gasteiger partial charge in [-0.15, -0.1) is 0 Å². The Labute approximate surface area is 146 Å². The second-order valence-electron chi connectivity index (χ2n) is 5.19. The van der Waals surface area contributed by atoms with Gasteiger partial charge in [0.25, 0.3) is 0 Å². The number of thiol groups is 1. The lowest BCUT2D eigenvalue weighted by atomic mass is 9.97. The predicted molar refractivity (Wildman–Crippen MR) is 93.4 cm³/mol. The molecule has 0 aliphatic rings. The number of hydrogen-bond acceptors (Lipinski definition) is 6. The fraction of sp³-hybridized carbons (Fsp3) is 0.118. The highest BCUT2D eigenvalue weighted by molar-refractivity contribution is 7.70. The van der Waals surface area contributed by atoms with Gasteiger partial charge in [-0.1, -0.05) is 24.3 Å². The van der Waals surface area contributed by atoms with Crippen molar-refractivity contribution in [3.63, 3.8) is 0 Å². The minimum atomic E-state index is -2.63. The lowest BCUT2D eigenvalue weighted by Gasteiger charge is -2.10. The van der Waals surface area contributed by atoms with E-state index in [9.17, 15) is 13.7 Å². The summed E-state index contributed by atoms with van der Waals surface area (Å²) in [5.41, 5.74) is 3.48. The minimum Gasteiger partial charge on any atom is -0.481 e. The number of benzene rings is 1. The molecule has 7 nitrogen and oxygen atoms in total. The van der Waals surface area contributed by atoms with Crippen molar-refractivity contribution in [2.75, 3.05) is 7.11 Å². The first-order valence-electron chi connectivity index (χ1n) is 7.32. The molecule has 0 aliphatic heterocycles. The molecule has 3 aromatic rings. The predicted octanol–water partition coefficient (Wildman–Crippen LogP) is 1.79. The van der Waals surface area contributed by atoms with Gasteiger partial charge in [-0.2, -0.15) is 5.26 Å². The summed E-state index contributed by atoms with van der Waals surface area (Å²) in [4.78, 5) is 8.40. The summed E-state index contributed by atoms with van der Waals surface area (Å²) in [6, 6.07) is 11.2. The largest absolute Gasteiger partial charge is 0.481 e. The van der Waals surface area contributed by atoms with Crippen LogP contribution in [0.3, 0.4) is 0 Å². The van der Waals surface area contributed by atoms with Gasteiger partial charge >= 0.3 is 0 Å². The number of nitriles is 1. The Morgan fingerprint density at radius 2 is 1.96 bits per heavy atom. The van der Waals surface area contributed by atoms with Crippen molar-refractivity contribution in [1.29, 1.82) is 5.26 Å². The zero-order valence-corrected chi connectivity index (χ0v) is 14.2. The first kappa shape index (κ1) is 16.8. The van der Waals surface area contributed by atoms with E-state index >= 15 is 0 Å². The fourth-order valence-electron chi connectivity index (χ4n) is 2.53. The molecule has 2 heterocycles. The molecule has 3 rings (SSSR count). The van der Waals surface area contributed by atoms with Gasteiger partial charge in [0.1, 0.15) is 6.07 Å². The van der Waals surface area contributed by atoms with Crippen LogP contribution < -0.4 is 9.46 Å². The minimum absolute atomic E-state index is 0.221. The highest BCUT2D eigenvalue weighted by atomic mass is 32.2. The first-order chi connectivity index (χ1) is 12.1. The molecule has 0 amide bonds. The van der Waals surface area contributed by atoms with E-state index < -0.39 is 10.9 Å². The zero-order chi connectivity index (χ0) is 17.8. The Kier molecular flexibility index (Phi) is 4.88. The van der Waals surface area contributed by atoms with Crippen molar-refractivity contribution in [2.24, 2.45) is 0 Å². The molecule has 126 valence electrons. The maximum atomic E-state index is 10.6. The number of nitrogens with one attached hydrogen (secondary N) is 1. The van der Waals surface area contributed by atoms with E-state index in [-0.39, 0.29) is 6.54 Å². The number of ether oxygens (including phenoxy) is 1. The third-order valence-electron chi connectivity index (χ3n) is 3.71. The van der Waals surface area contributed by atoms with Gasteiger partial charge in [-0.05, 0) is 11.1 Å². The summed E-state index contributed by atoms with van der Waals surface area (Å²) in [6.45, 7) is 0.221. The van der Waals surface area contributed by atoms with Gasteiger partial charge in [0, 0.05) is 29.8 Å². The number of aromatic nitrogens is 2. The summed E-state index contributed by atoms with van der Waals surface area (Å²) >= 11 is 0. The van der Waals surface area contributed by atoms with Crippen molar-refractivity contribution < 1.29 is 13.2 Å². The third-order valence-corrected chi connectivity index (χ3v) is 4.13. The molecule has 0 radical (unpaired) electrons. The van der Waals surface area contributed by atoms with Gasteiger partial charge in [0.05, 0.1) is 24.4 Å². The van der Waals surface area contributed by atoms with Crippen molar-refractivity contribution in [3.8, 4) is 23.1 Å². The van der Waals surface area contributed by atoms with E-state index in [0.29, 0.717) is 17.0 Å². The molecule has 25 heavy (non-hydrogen) atoms. The monoisotopic (exact) mass is 354 g/mol. The number of hydrogen-bond donors (Lipinski definition) is 2. The Bertz CT molecular complexity index is 1030. The van der Waals surface area contributed by atoms with E-state index in [2.05, 4.69) is 20.8 Å². The maximum Gasteiger partial charge on any atom is 0.213 e. The van der Waals surface area contributed by atoms with Crippen molar-refractivity contribution in [3.05, 3.63) is 53.9 Å². The van der Waals surface area contributed by atoms with E-state index in [4.69, 9.17) is 4.74 Å². The molecule has 0 atom stereocenters. The molecule has 1 aromatic carbocycles. The van der Waals surface area contributed by atoms with Gasteiger partial charge < -0.3 is 4.74 Å². The molecule has 1 N–H and O–H groups in total. The molecule has 0 saturated heterocycles. The lowest BCUT2D eigenvalue weighted by Crippen LogP contribution is -2.09.